The van der Waals surface area contributed by atoms with E-state index in [1.165, 1.54) is 0 Å². The average molecular weight is 312 g/mol. The van der Waals surface area contributed by atoms with Crippen LogP contribution in [0.1, 0.15) is 38.6 Å². The molecule has 1 amide bonds. The Balaban J connectivity index is 1.66. The quantitative estimate of drug-likeness (QED) is 0.946. The molecule has 1 atom stereocenters. The van der Waals surface area contributed by atoms with Gasteiger partial charge in [-0.25, -0.2) is 4.98 Å². The molecule has 2 aromatic rings. The molecule has 5 nitrogen and oxygen atoms in total. The van der Waals surface area contributed by atoms with Crippen LogP contribution in [0.15, 0.2) is 24.3 Å². The van der Waals surface area contributed by atoms with Crippen LogP contribution in [0.25, 0.3) is 11.0 Å². The molecule has 2 saturated heterocycles. The Morgan fingerprint density at radius 2 is 2.13 bits per heavy atom. The van der Waals surface area contributed by atoms with E-state index in [0.717, 1.165) is 49.3 Å². The fourth-order valence-corrected chi connectivity index (χ4v) is 4.14. The Hall–Kier alpha value is -1.88. The maximum absolute atomic E-state index is 12.9. The lowest BCUT2D eigenvalue weighted by Crippen LogP contribution is -2.36. The lowest BCUT2D eigenvalue weighted by atomic mass is 9.86. The summed E-state index contributed by atoms with van der Waals surface area (Å²) < 4.78 is 2.26. The number of hydrogen-bond acceptors (Lipinski definition) is 3. The summed E-state index contributed by atoms with van der Waals surface area (Å²) >= 11 is 0. The average Bonchev–Trinajstić information content (AvgIpc) is 3.22. The molecule has 4 rings (SSSR count). The third-order valence-electron chi connectivity index (χ3n) is 5.36. The van der Waals surface area contributed by atoms with E-state index < -0.39 is 0 Å². The number of amides is 1. The van der Waals surface area contributed by atoms with Crippen LogP contribution >= 0.6 is 0 Å². The molecule has 1 aromatic heterocycles. The van der Waals surface area contributed by atoms with E-state index in [9.17, 15) is 4.79 Å². The molecule has 23 heavy (non-hydrogen) atoms. The minimum absolute atomic E-state index is 0.144. The lowest BCUT2D eigenvalue weighted by molar-refractivity contribution is -0.135. The van der Waals surface area contributed by atoms with Crippen molar-refractivity contribution in [2.75, 3.05) is 19.6 Å². The van der Waals surface area contributed by atoms with Gasteiger partial charge in [0.25, 0.3) is 0 Å². The minimum atomic E-state index is -0.144. The molecular weight excluding hydrogens is 288 g/mol. The third-order valence-corrected chi connectivity index (χ3v) is 5.36. The molecule has 2 fully saturated rings. The molecule has 1 unspecified atom stereocenters. The third kappa shape index (κ3) is 2.26. The highest BCUT2D eigenvalue weighted by molar-refractivity contribution is 5.85. The second-order valence-electron chi connectivity index (χ2n) is 7.16. The van der Waals surface area contributed by atoms with Gasteiger partial charge >= 0.3 is 0 Å². The SMILES string of the molecule is CC(C)n1c(CN2CCC3(CCNC3)C2=O)nc2ccccc21. The summed E-state index contributed by atoms with van der Waals surface area (Å²) in [5, 5.41) is 3.35. The number of hydrogen-bond donors (Lipinski definition) is 1. The largest absolute Gasteiger partial charge is 0.335 e. The number of imidazole rings is 1. The van der Waals surface area contributed by atoms with E-state index in [1.807, 2.05) is 23.1 Å². The smallest absolute Gasteiger partial charge is 0.230 e. The van der Waals surface area contributed by atoms with Gasteiger partial charge in [-0.1, -0.05) is 12.1 Å². The fraction of sp³-hybridized carbons (Fsp3) is 0.556. The van der Waals surface area contributed by atoms with Gasteiger partial charge in [0.15, 0.2) is 0 Å². The molecule has 122 valence electrons. The summed E-state index contributed by atoms with van der Waals surface area (Å²) in [4.78, 5) is 19.7. The highest BCUT2D eigenvalue weighted by Crippen LogP contribution is 2.38. The summed E-state index contributed by atoms with van der Waals surface area (Å²) in [5.74, 6) is 1.31. The van der Waals surface area contributed by atoms with Crippen LogP contribution in [0.3, 0.4) is 0 Å². The molecule has 0 radical (unpaired) electrons. The van der Waals surface area contributed by atoms with Crippen molar-refractivity contribution in [3.05, 3.63) is 30.1 Å². The zero-order valence-corrected chi connectivity index (χ0v) is 13.9. The topological polar surface area (TPSA) is 50.2 Å². The van der Waals surface area contributed by atoms with E-state index >= 15 is 0 Å². The molecule has 0 saturated carbocycles. The summed E-state index contributed by atoms with van der Waals surface area (Å²) in [6.07, 6.45) is 1.95. The van der Waals surface area contributed by atoms with Crippen LogP contribution in [0.5, 0.6) is 0 Å². The molecular formula is C18H24N4O. The molecule has 2 aliphatic rings. The van der Waals surface area contributed by atoms with Crippen molar-refractivity contribution < 1.29 is 4.79 Å². The summed E-state index contributed by atoms with van der Waals surface area (Å²) in [6, 6.07) is 8.56. The molecule has 2 aliphatic heterocycles. The number of likely N-dealkylation sites (tertiary alicyclic amines) is 1. The maximum Gasteiger partial charge on any atom is 0.230 e. The Bertz CT molecular complexity index is 743. The van der Waals surface area contributed by atoms with Crippen LogP contribution in [0.2, 0.25) is 0 Å². The zero-order chi connectivity index (χ0) is 16.0. The van der Waals surface area contributed by atoms with Gasteiger partial charge in [-0.15, -0.1) is 0 Å². The van der Waals surface area contributed by atoms with Crippen LogP contribution in [-0.4, -0.2) is 40.0 Å². The number of fused-ring (bicyclic) bond motifs is 1. The van der Waals surface area contributed by atoms with E-state index in [-0.39, 0.29) is 5.41 Å². The molecule has 0 aliphatic carbocycles. The van der Waals surface area contributed by atoms with Crippen LogP contribution in [-0.2, 0) is 11.3 Å². The number of carbonyl (C=O) groups is 1. The minimum Gasteiger partial charge on any atom is -0.335 e. The second-order valence-corrected chi connectivity index (χ2v) is 7.16. The first kappa shape index (κ1) is 14.7. The summed E-state index contributed by atoms with van der Waals surface area (Å²) in [7, 11) is 0. The first-order valence-electron chi connectivity index (χ1n) is 8.57. The van der Waals surface area contributed by atoms with Gasteiger partial charge in [0.05, 0.1) is 23.0 Å². The van der Waals surface area contributed by atoms with Gasteiger partial charge in [-0.3, -0.25) is 4.79 Å². The number of rotatable bonds is 3. The van der Waals surface area contributed by atoms with Gasteiger partial charge in [-0.05, 0) is 45.4 Å². The zero-order valence-electron chi connectivity index (χ0n) is 13.9. The number of para-hydroxylation sites is 2. The van der Waals surface area contributed by atoms with E-state index in [4.69, 9.17) is 4.98 Å². The van der Waals surface area contributed by atoms with Crippen molar-refractivity contribution in [2.24, 2.45) is 5.41 Å². The Morgan fingerprint density at radius 3 is 2.87 bits per heavy atom. The monoisotopic (exact) mass is 312 g/mol. The Kier molecular flexibility index (Phi) is 3.41. The van der Waals surface area contributed by atoms with Gasteiger partial charge < -0.3 is 14.8 Å². The van der Waals surface area contributed by atoms with Gasteiger partial charge in [-0.2, -0.15) is 0 Å². The summed E-state index contributed by atoms with van der Waals surface area (Å²) in [5.41, 5.74) is 2.02. The van der Waals surface area contributed by atoms with Crippen molar-refractivity contribution in [1.82, 2.24) is 19.8 Å². The fourth-order valence-electron chi connectivity index (χ4n) is 4.14. The summed E-state index contributed by atoms with van der Waals surface area (Å²) in [6.45, 7) is 7.61. The Labute approximate surface area is 136 Å². The highest BCUT2D eigenvalue weighted by Gasteiger charge is 2.48. The molecule has 0 bridgehead atoms. The van der Waals surface area contributed by atoms with E-state index in [2.05, 4.69) is 29.8 Å². The van der Waals surface area contributed by atoms with Crippen molar-refractivity contribution in [3.63, 3.8) is 0 Å². The predicted octanol–water partition coefficient (Wildman–Crippen LogP) is 2.33. The van der Waals surface area contributed by atoms with Gasteiger partial charge in [0, 0.05) is 19.1 Å². The van der Waals surface area contributed by atoms with E-state index in [1.54, 1.807) is 0 Å². The van der Waals surface area contributed by atoms with E-state index in [0.29, 0.717) is 18.5 Å². The van der Waals surface area contributed by atoms with Crippen molar-refractivity contribution >= 4 is 16.9 Å². The second kappa shape index (κ2) is 5.34. The normalized spacial score (nSPS) is 24.7. The molecule has 5 heteroatoms. The van der Waals surface area contributed by atoms with Crippen LogP contribution in [0.4, 0.5) is 0 Å². The van der Waals surface area contributed by atoms with Crippen LogP contribution < -0.4 is 5.32 Å². The number of nitrogens with zero attached hydrogens (tertiary/aromatic N) is 3. The van der Waals surface area contributed by atoms with Crippen molar-refractivity contribution in [2.45, 2.75) is 39.3 Å². The number of aromatic nitrogens is 2. The molecule has 1 N–H and O–H groups in total. The lowest BCUT2D eigenvalue weighted by Gasteiger charge is -2.22. The first-order valence-corrected chi connectivity index (χ1v) is 8.57. The molecule has 3 heterocycles. The number of carbonyl (C=O) groups excluding carboxylic acids is 1. The predicted molar refractivity (Wildman–Crippen MR) is 90.1 cm³/mol. The van der Waals surface area contributed by atoms with Crippen molar-refractivity contribution in [3.8, 4) is 0 Å². The van der Waals surface area contributed by atoms with Crippen molar-refractivity contribution in [1.29, 1.82) is 0 Å². The molecule has 1 spiro atoms. The number of nitrogens with one attached hydrogen (secondary N) is 1. The Morgan fingerprint density at radius 1 is 1.30 bits per heavy atom. The highest BCUT2D eigenvalue weighted by atomic mass is 16.2. The number of benzene rings is 1. The van der Waals surface area contributed by atoms with Gasteiger partial charge in [0.1, 0.15) is 5.82 Å². The first-order chi connectivity index (χ1) is 11.1. The van der Waals surface area contributed by atoms with Crippen LogP contribution in [0, 0.1) is 5.41 Å². The molecule has 1 aromatic carbocycles. The van der Waals surface area contributed by atoms with Gasteiger partial charge in [0.2, 0.25) is 5.91 Å². The maximum atomic E-state index is 12.9. The standard InChI is InChI=1S/C18H24N4O/c1-13(2)22-15-6-4-3-5-14(15)20-16(22)11-21-10-8-18(17(21)23)7-9-19-12-18/h3-6,13,19H,7-12H2,1-2H3.